The Labute approximate surface area is 127 Å². The topological polar surface area (TPSA) is 17.8 Å². The first kappa shape index (κ1) is 12.8. The molecule has 3 aromatic carbocycles. The molecule has 0 bridgehead atoms. The van der Waals surface area contributed by atoms with Crippen molar-refractivity contribution in [3.8, 4) is 0 Å². The van der Waals surface area contributed by atoms with Gasteiger partial charge in [-0.15, -0.1) is 0 Å². The highest BCUT2D eigenvalue weighted by atomic mass is 19.1. The molecule has 2 nitrogen and oxygen atoms in total. The van der Waals surface area contributed by atoms with Crippen molar-refractivity contribution in [3.63, 3.8) is 0 Å². The Hall–Kier alpha value is -2.94. The second-order valence-corrected chi connectivity index (χ2v) is 5.14. The van der Waals surface area contributed by atoms with Gasteiger partial charge in [-0.25, -0.2) is 4.98 Å². The average Bonchev–Trinajstić information content (AvgIpc) is 2.99. The van der Waals surface area contributed by atoms with Crippen LogP contribution in [0.15, 0.2) is 73.1 Å². The van der Waals surface area contributed by atoms with Crippen LogP contribution in [0, 0.1) is 0 Å². The Morgan fingerprint density at radius 1 is 0.909 bits per heavy atom. The molecule has 0 radical (unpaired) electrons. The van der Waals surface area contributed by atoms with Gasteiger partial charge in [0, 0.05) is 0 Å². The van der Waals surface area contributed by atoms with Crippen molar-refractivity contribution in [3.05, 3.63) is 78.6 Å². The molecule has 0 atom stereocenters. The molecule has 0 spiro atoms. The molecule has 0 aliphatic heterocycles. The number of imidazole rings is 1. The lowest BCUT2D eigenvalue weighted by Gasteiger charge is -2.04. The van der Waals surface area contributed by atoms with Gasteiger partial charge < -0.3 is 0 Å². The predicted molar refractivity (Wildman–Crippen MR) is 89.0 cm³/mol. The van der Waals surface area contributed by atoms with E-state index in [-0.39, 0.29) is 5.95 Å². The summed E-state index contributed by atoms with van der Waals surface area (Å²) in [6.45, 7) is 0. The van der Waals surface area contributed by atoms with Gasteiger partial charge in [-0.2, -0.15) is 4.39 Å². The molecule has 1 heterocycles. The van der Waals surface area contributed by atoms with Gasteiger partial charge in [0.25, 0.3) is 0 Å². The highest BCUT2D eigenvalue weighted by molar-refractivity contribution is 5.93. The zero-order chi connectivity index (χ0) is 14.9. The Kier molecular flexibility index (Phi) is 2.97. The molecule has 0 saturated heterocycles. The first-order valence-electron chi connectivity index (χ1n) is 7.10. The summed E-state index contributed by atoms with van der Waals surface area (Å²) in [5, 5.41) is 2.13. The number of hydrogen-bond donors (Lipinski definition) is 0. The van der Waals surface area contributed by atoms with Gasteiger partial charge >= 0.3 is 0 Å². The van der Waals surface area contributed by atoms with Crippen LogP contribution in [0.5, 0.6) is 0 Å². The van der Waals surface area contributed by atoms with Crippen molar-refractivity contribution < 1.29 is 4.39 Å². The summed E-state index contributed by atoms with van der Waals surface area (Å²) in [6, 6.07) is 21.4. The third-order valence-corrected chi connectivity index (χ3v) is 3.78. The lowest BCUT2D eigenvalue weighted by molar-refractivity contribution is 0.700. The summed E-state index contributed by atoms with van der Waals surface area (Å²) in [4.78, 5) is 4.23. The molecule has 3 heteroatoms. The van der Waals surface area contributed by atoms with E-state index in [9.17, 15) is 4.39 Å². The Morgan fingerprint density at radius 2 is 1.68 bits per heavy atom. The maximum Gasteiger partial charge on any atom is 0.200 e. The van der Waals surface area contributed by atoms with Crippen LogP contribution in [-0.2, 0) is 0 Å². The largest absolute Gasteiger partial charge is 0.275 e. The highest BCUT2D eigenvalue weighted by Crippen LogP contribution is 2.24. The zero-order valence-electron chi connectivity index (χ0n) is 11.8. The van der Waals surface area contributed by atoms with E-state index in [0.717, 1.165) is 27.4 Å². The quantitative estimate of drug-likeness (QED) is 0.501. The first-order valence-corrected chi connectivity index (χ1v) is 7.10. The van der Waals surface area contributed by atoms with Crippen molar-refractivity contribution in [2.24, 2.45) is 0 Å². The van der Waals surface area contributed by atoms with Crippen LogP contribution in [0.4, 0.5) is 4.39 Å². The van der Waals surface area contributed by atoms with Gasteiger partial charge in [0.15, 0.2) is 5.95 Å². The number of rotatable bonds is 2. The molecular formula is C19H13FN2. The third-order valence-electron chi connectivity index (χ3n) is 3.78. The molecule has 0 aliphatic rings. The minimum absolute atomic E-state index is 0.343. The second-order valence-electron chi connectivity index (χ2n) is 5.14. The summed E-state index contributed by atoms with van der Waals surface area (Å²) < 4.78 is 16.2. The fourth-order valence-corrected chi connectivity index (χ4v) is 2.70. The minimum Gasteiger partial charge on any atom is -0.275 e. The molecular weight excluding hydrogens is 275 g/mol. The molecule has 0 saturated carbocycles. The van der Waals surface area contributed by atoms with E-state index in [0.29, 0.717) is 0 Å². The van der Waals surface area contributed by atoms with Crippen molar-refractivity contribution in [1.29, 1.82) is 0 Å². The Balaban J connectivity index is 1.88. The molecule has 106 valence electrons. The first-order chi connectivity index (χ1) is 10.8. The van der Waals surface area contributed by atoms with Crippen LogP contribution in [0.3, 0.4) is 0 Å². The van der Waals surface area contributed by atoms with Gasteiger partial charge in [0.1, 0.15) is 6.33 Å². The summed E-state index contributed by atoms with van der Waals surface area (Å²) in [5.74, 6) is -0.343. The van der Waals surface area contributed by atoms with E-state index in [2.05, 4.69) is 4.98 Å². The predicted octanol–water partition coefficient (Wildman–Crippen LogP) is 5.11. The van der Waals surface area contributed by atoms with E-state index in [1.807, 2.05) is 66.7 Å². The highest BCUT2D eigenvalue weighted by Gasteiger charge is 2.07. The molecule has 4 rings (SSSR count). The van der Waals surface area contributed by atoms with E-state index in [1.54, 1.807) is 6.08 Å². The molecule has 0 aliphatic carbocycles. The summed E-state index contributed by atoms with van der Waals surface area (Å²) in [5.41, 5.74) is 2.40. The van der Waals surface area contributed by atoms with Crippen molar-refractivity contribution in [2.45, 2.75) is 0 Å². The molecule has 0 unspecified atom stereocenters. The fraction of sp³-hybridized carbons (Fsp3) is 0. The molecule has 0 N–H and O–H groups in total. The summed E-state index contributed by atoms with van der Waals surface area (Å²) in [6.07, 6.45) is 3.07. The van der Waals surface area contributed by atoms with Crippen molar-refractivity contribution in [2.75, 3.05) is 0 Å². The maximum absolute atomic E-state index is 14.7. The fourth-order valence-electron chi connectivity index (χ4n) is 2.70. The van der Waals surface area contributed by atoms with Crippen molar-refractivity contribution >= 4 is 33.8 Å². The molecule has 0 amide bonds. The lowest BCUT2D eigenvalue weighted by Crippen LogP contribution is -1.90. The van der Waals surface area contributed by atoms with E-state index in [4.69, 9.17) is 0 Å². The lowest BCUT2D eigenvalue weighted by atomic mass is 10.0. The summed E-state index contributed by atoms with van der Waals surface area (Å²) >= 11 is 0. The van der Waals surface area contributed by atoms with Gasteiger partial charge in [0.2, 0.25) is 0 Å². The SMILES string of the molecule is F/C(=C/c1cccc2ccccc12)n1cnc2ccccc21. The van der Waals surface area contributed by atoms with E-state index >= 15 is 0 Å². The second kappa shape index (κ2) is 5.11. The molecule has 1 aromatic heterocycles. The van der Waals surface area contributed by atoms with Gasteiger partial charge in [-0.05, 0) is 34.5 Å². The number of aromatic nitrogens is 2. The van der Waals surface area contributed by atoms with E-state index < -0.39 is 0 Å². The number of para-hydroxylation sites is 2. The van der Waals surface area contributed by atoms with Gasteiger partial charge in [-0.1, -0.05) is 54.6 Å². The van der Waals surface area contributed by atoms with Crippen LogP contribution in [-0.4, -0.2) is 9.55 Å². The van der Waals surface area contributed by atoms with Gasteiger partial charge in [-0.3, -0.25) is 4.57 Å². The molecule has 22 heavy (non-hydrogen) atoms. The standard InChI is InChI=1S/C19H13FN2/c20-19(22-13-21-17-10-3-4-11-18(17)22)12-15-8-5-7-14-6-1-2-9-16(14)15/h1-13H/b19-12-. The normalized spacial score (nSPS) is 12.1. The number of halogens is 1. The molecule has 4 aromatic rings. The van der Waals surface area contributed by atoms with Crippen LogP contribution >= 0.6 is 0 Å². The van der Waals surface area contributed by atoms with E-state index in [1.165, 1.54) is 10.9 Å². The van der Waals surface area contributed by atoms with Crippen LogP contribution in [0.1, 0.15) is 5.56 Å². The average molecular weight is 288 g/mol. The zero-order valence-corrected chi connectivity index (χ0v) is 11.8. The number of benzene rings is 3. The smallest absolute Gasteiger partial charge is 0.200 e. The Bertz CT molecular complexity index is 993. The molecule has 0 fully saturated rings. The maximum atomic E-state index is 14.7. The van der Waals surface area contributed by atoms with Crippen molar-refractivity contribution in [1.82, 2.24) is 9.55 Å². The third kappa shape index (κ3) is 2.07. The van der Waals surface area contributed by atoms with Gasteiger partial charge in [0.05, 0.1) is 11.0 Å². The van der Waals surface area contributed by atoms with Crippen LogP contribution in [0.2, 0.25) is 0 Å². The number of fused-ring (bicyclic) bond motifs is 2. The number of nitrogens with zero attached hydrogens (tertiary/aromatic N) is 2. The Morgan fingerprint density at radius 3 is 2.64 bits per heavy atom. The summed E-state index contributed by atoms with van der Waals surface area (Å²) in [7, 11) is 0. The minimum atomic E-state index is -0.343. The monoisotopic (exact) mass is 288 g/mol. The van der Waals surface area contributed by atoms with Crippen LogP contribution < -0.4 is 0 Å². The number of hydrogen-bond acceptors (Lipinski definition) is 1. The van der Waals surface area contributed by atoms with Crippen LogP contribution in [0.25, 0.3) is 33.8 Å².